The third kappa shape index (κ3) is 4.88. The van der Waals surface area contributed by atoms with E-state index in [2.05, 4.69) is 0 Å². The molecule has 2 atom stereocenters. The fourth-order valence-electron chi connectivity index (χ4n) is 4.01. The summed E-state index contributed by atoms with van der Waals surface area (Å²) in [5.41, 5.74) is 1.68. The maximum atomic E-state index is 13.6. The summed E-state index contributed by atoms with van der Waals surface area (Å²) in [4.78, 5) is 33.1. The number of rotatable bonds is 5. The number of morpholine rings is 1. The second-order valence-electron chi connectivity index (χ2n) is 8.17. The van der Waals surface area contributed by atoms with E-state index in [0.717, 1.165) is 5.56 Å². The lowest BCUT2D eigenvalue weighted by atomic mass is 10.2. The number of aryl methyl sites for hydroxylation is 1. The van der Waals surface area contributed by atoms with Crippen LogP contribution in [-0.4, -0.2) is 58.5 Å². The van der Waals surface area contributed by atoms with E-state index in [1.807, 2.05) is 31.7 Å². The zero-order valence-corrected chi connectivity index (χ0v) is 20.6. The number of para-hydroxylation sites is 1. The monoisotopic (exact) mass is 487 g/mol. The number of benzene rings is 2. The SMILES string of the molecule is COc1cc(Cl)c(C)cc1-n1c(SCC(=O)N2C[C@@H](C)O[C@@H](C)C2)nc2ccccc2c1=O. The van der Waals surface area contributed by atoms with Crippen molar-refractivity contribution in [3.8, 4) is 11.4 Å². The highest BCUT2D eigenvalue weighted by atomic mass is 35.5. The van der Waals surface area contributed by atoms with Gasteiger partial charge in [0, 0.05) is 24.2 Å². The number of methoxy groups -OCH3 is 1. The van der Waals surface area contributed by atoms with Crippen LogP contribution in [0.15, 0.2) is 46.3 Å². The van der Waals surface area contributed by atoms with E-state index in [9.17, 15) is 9.59 Å². The Morgan fingerprint density at radius 2 is 1.94 bits per heavy atom. The molecular formula is C24H26ClN3O4S. The van der Waals surface area contributed by atoms with Crippen molar-refractivity contribution in [2.45, 2.75) is 38.1 Å². The van der Waals surface area contributed by atoms with Crippen molar-refractivity contribution < 1.29 is 14.3 Å². The van der Waals surface area contributed by atoms with Crippen LogP contribution < -0.4 is 10.3 Å². The van der Waals surface area contributed by atoms with E-state index < -0.39 is 0 Å². The first kappa shape index (κ1) is 23.6. The van der Waals surface area contributed by atoms with Crippen LogP contribution in [0.5, 0.6) is 5.75 Å². The summed E-state index contributed by atoms with van der Waals surface area (Å²) >= 11 is 7.53. The maximum absolute atomic E-state index is 13.6. The molecule has 0 radical (unpaired) electrons. The second kappa shape index (κ2) is 9.75. The van der Waals surface area contributed by atoms with Crippen LogP contribution in [0.2, 0.25) is 5.02 Å². The average Bonchev–Trinajstić information content (AvgIpc) is 2.78. The Balaban J connectivity index is 1.76. The number of fused-ring (bicyclic) bond motifs is 1. The van der Waals surface area contributed by atoms with Crippen molar-refractivity contribution in [1.29, 1.82) is 0 Å². The number of nitrogens with zero attached hydrogens (tertiary/aromatic N) is 3. The highest BCUT2D eigenvalue weighted by molar-refractivity contribution is 7.99. The molecule has 0 spiro atoms. The summed E-state index contributed by atoms with van der Waals surface area (Å²) in [5, 5.41) is 1.44. The number of carbonyl (C=O) groups is 1. The third-order valence-electron chi connectivity index (χ3n) is 5.54. The number of hydrogen-bond donors (Lipinski definition) is 0. The first-order valence-electron chi connectivity index (χ1n) is 10.7. The molecule has 174 valence electrons. The van der Waals surface area contributed by atoms with Crippen molar-refractivity contribution >= 4 is 40.2 Å². The molecule has 3 aromatic rings. The minimum absolute atomic E-state index is 0.0130. The molecule has 2 aromatic carbocycles. The van der Waals surface area contributed by atoms with Crippen LogP contribution in [0.3, 0.4) is 0 Å². The summed E-state index contributed by atoms with van der Waals surface area (Å²) in [6.45, 7) is 6.88. The minimum atomic E-state index is -0.232. The standard InChI is InChI=1S/C24H26ClN3O4S/c1-14-9-20(21(31-4)10-18(14)25)28-23(30)17-7-5-6-8-19(17)26-24(28)33-13-22(29)27-11-15(2)32-16(3)12-27/h5-10,15-16H,11-13H2,1-4H3/t15-,16+. The molecule has 7 nitrogen and oxygen atoms in total. The molecule has 0 bridgehead atoms. The Kier molecular flexibility index (Phi) is 6.97. The molecule has 1 aliphatic rings. The van der Waals surface area contributed by atoms with Gasteiger partial charge in [-0.05, 0) is 44.5 Å². The van der Waals surface area contributed by atoms with Crippen LogP contribution in [0.4, 0.5) is 0 Å². The van der Waals surface area contributed by atoms with Crippen LogP contribution in [-0.2, 0) is 9.53 Å². The Morgan fingerprint density at radius 3 is 2.64 bits per heavy atom. The predicted molar refractivity (Wildman–Crippen MR) is 131 cm³/mol. The lowest BCUT2D eigenvalue weighted by molar-refractivity contribution is -0.140. The van der Waals surface area contributed by atoms with Gasteiger partial charge >= 0.3 is 0 Å². The van der Waals surface area contributed by atoms with Crippen molar-refractivity contribution in [2.24, 2.45) is 0 Å². The molecule has 33 heavy (non-hydrogen) atoms. The van der Waals surface area contributed by atoms with Gasteiger partial charge < -0.3 is 14.4 Å². The molecular weight excluding hydrogens is 462 g/mol. The highest BCUT2D eigenvalue weighted by Crippen LogP contribution is 2.32. The molecule has 1 saturated heterocycles. The summed E-state index contributed by atoms with van der Waals surface area (Å²) in [6, 6.07) is 10.7. The topological polar surface area (TPSA) is 73.7 Å². The number of ether oxygens (including phenoxy) is 2. The molecule has 9 heteroatoms. The van der Waals surface area contributed by atoms with Gasteiger partial charge in [-0.2, -0.15) is 0 Å². The van der Waals surface area contributed by atoms with Crippen LogP contribution in [0, 0.1) is 6.92 Å². The van der Waals surface area contributed by atoms with Crippen LogP contribution in [0.1, 0.15) is 19.4 Å². The lowest BCUT2D eigenvalue weighted by Crippen LogP contribution is -2.48. The van der Waals surface area contributed by atoms with Crippen molar-refractivity contribution in [2.75, 3.05) is 26.0 Å². The first-order valence-corrected chi connectivity index (χ1v) is 12.1. The average molecular weight is 488 g/mol. The fourth-order valence-corrected chi connectivity index (χ4v) is 5.07. The molecule has 1 fully saturated rings. The Labute approximate surface area is 201 Å². The summed E-state index contributed by atoms with van der Waals surface area (Å²) in [5.74, 6) is 0.586. The van der Waals surface area contributed by atoms with Crippen molar-refractivity contribution in [3.05, 3.63) is 57.3 Å². The number of amides is 1. The highest BCUT2D eigenvalue weighted by Gasteiger charge is 2.26. The third-order valence-corrected chi connectivity index (χ3v) is 6.87. The molecule has 1 aliphatic heterocycles. The summed E-state index contributed by atoms with van der Waals surface area (Å²) in [6.07, 6.45) is -0.0260. The van der Waals surface area contributed by atoms with Gasteiger partial charge in [0.05, 0.1) is 41.7 Å². The normalized spacial score (nSPS) is 18.5. The van der Waals surface area contributed by atoms with Crippen LogP contribution in [0.25, 0.3) is 16.6 Å². The number of halogens is 1. The first-order chi connectivity index (χ1) is 15.8. The van der Waals surface area contributed by atoms with E-state index in [-0.39, 0.29) is 29.4 Å². The van der Waals surface area contributed by atoms with Crippen molar-refractivity contribution in [1.82, 2.24) is 14.5 Å². The van der Waals surface area contributed by atoms with Gasteiger partial charge in [-0.25, -0.2) is 4.98 Å². The van der Waals surface area contributed by atoms with E-state index >= 15 is 0 Å². The molecule has 0 saturated carbocycles. The number of thioether (sulfide) groups is 1. The van der Waals surface area contributed by atoms with Gasteiger partial charge in [0.1, 0.15) is 5.75 Å². The van der Waals surface area contributed by atoms with Gasteiger partial charge in [0.2, 0.25) is 5.91 Å². The lowest BCUT2D eigenvalue weighted by Gasteiger charge is -2.35. The zero-order valence-electron chi connectivity index (χ0n) is 19.0. The summed E-state index contributed by atoms with van der Waals surface area (Å²) < 4.78 is 12.8. The fraction of sp³-hybridized carbons (Fsp3) is 0.375. The quantitative estimate of drug-likeness (QED) is 0.399. The number of carbonyl (C=O) groups excluding carboxylic acids is 1. The maximum Gasteiger partial charge on any atom is 0.266 e. The summed E-state index contributed by atoms with van der Waals surface area (Å²) in [7, 11) is 1.53. The number of aromatic nitrogens is 2. The van der Waals surface area contributed by atoms with E-state index in [0.29, 0.717) is 45.6 Å². The van der Waals surface area contributed by atoms with Gasteiger partial charge in [-0.3, -0.25) is 14.2 Å². The molecule has 1 aromatic heterocycles. The van der Waals surface area contributed by atoms with Crippen molar-refractivity contribution in [3.63, 3.8) is 0 Å². The van der Waals surface area contributed by atoms with Gasteiger partial charge in [0.25, 0.3) is 5.56 Å². The Bertz CT molecular complexity index is 1250. The molecule has 0 unspecified atom stereocenters. The largest absolute Gasteiger partial charge is 0.495 e. The second-order valence-corrected chi connectivity index (χ2v) is 9.52. The van der Waals surface area contributed by atoms with Crippen LogP contribution >= 0.6 is 23.4 Å². The number of hydrogen-bond acceptors (Lipinski definition) is 6. The molecule has 1 amide bonds. The molecule has 0 aliphatic carbocycles. The van der Waals surface area contributed by atoms with E-state index in [1.54, 1.807) is 30.3 Å². The zero-order chi connectivity index (χ0) is 23.7. The van der Waals surface area contributed by atoms with E-state index in [1.165, 1.54) is 23.4 Å². The molecule has 2 heterocycles. The van der Waals surface area contributed by atoms with E-state index in [4.69, 9.17) is 26.1 Å². The smallest absolute Gasteiger partial charge is 0.266 e. The van der Waals surface area contributed by atoms with Gasteiger partial charge in [-0.15, -0.1) is 0 Å². The Hall–Kier alpha value is -2.55. The minimum Gasteiger partial charge on any atom is -0.495 e. The van der Waals surface area contributed by atoms with Gasteiger partial charge in [0.15, 0.2) is 5.16 Å². The Morgan fingerprint density at radius 1 is 1.24 bits per heavy atom. The molecule has 0 N–H and O–H groups in total. The predicted octanol–water partition coefficient (Wildman–Crippen LogP) is 4.08. The molecule has 4 rings (SSSR count). The van der Waals surface area contributed by atoms with Gasteiger partial charge in [-0.1, -0.05) is 35.5 Å².